The van der Waals surface area contributed by atoms with Gasteiger partial charge in [0.1, 0.15) is 5.52 Å². The topological polar surface area (TPSA) is 56.1 Å². The van der Waals surface area contributed by atoms with Gasteiger partial charge in [0.15, 0.2) is 10.8 Å². The summed E-state index contributed by atoms with van der Waals surface area (Å²) in [5, 5.41) is 2.88. The summed E-state index contributed by atoms with van der Waals surface area (Å²) in [5.41, 5.74) is 2.57. The van der Waals surface area contributed by atoms with Crippen LogP contribution in [0.25, 0.3) is 21.9 Å². The van der Waals surface area contributed by atoms with Crippen molar-refractivity contribution in [3.8, 4) is 0 Å². The maximum atomic E-state index is 6.52. The van der Waals surface area contributed by atoms with Gasteiger partial charge in [-0.1, -0.05) is 48.0 Å². The molecule has 2 aromatic heterocycles. The van der Waals surface area contributed by atoms with Crippen LogP contribution < -0.4 is 4.90 Å². The zero-order chi connectivity index (χ0) is 18.2. The minimum Gasteiger partial charge on any atom is -0.378 e. The molecule has 27 heavy (non-hydrogen) atoms. The van der Waals surface area contributed by atoms with E-state index in [9.17, 15) is 0 Å². The predicted octanol–water partition coefficient (Wildman–Crippen LogP) is 3.52. The van der Waals surface area contributed by atoms with Crippen LogP contribution in [0, 0.1) is 0 Å². The van der Waals surface area contributed by atoms with Crippen LogP contribution >= 0.6 is 11.6 Å². The van der Waals surface area contributed by atoms with Crippen LogP contribution in [-0.2, 0) is 11.3 Å². The third-order valence-electron chi connectivity index (χ3n) is 4.88. The van der Waals surface area contributed by atoms with Crippen molar-refractivity contribution in [2.24, 2.45) is 0 Å². The van der Waals surface area contributed by atoms with Crippen molar-refractivity contribution >= 4 is 39.5 Å². The number of imidazole rings is 1. The van der Waals surface area contributed by atoms with Gasteiger partial charge in [0.25, 0.3) is 0 Å². The lowest BCUT2D eigenvalue weighted by atomic mass is 10.1. The second-order valence-corrected chi connectivity index (χ2v) is 7.00. The van der Waals surface area contributed by atoms with E-state index in [2.05, 4.69) is 62.3 Å². The van der Waals surface area contributed by atoms with Gasteiger partial charge in [0, 0.05) is 19.6 Å². The van der Waals surface area contributed by atoms with Gasteiger partial charge < -0.3 is 14.2 Å². The number of aromatic nitrogens is 4. The molecule has 0 bridgehead atoms. The van der Waals surface area contributed by atoms with Crippen LogP contribution in [0.1, 0.15) is 5.56 Å². The van der Waals surface area contributed by atoms with Gasteiger partial charge in [-0.2, -0.15) is 9.97 Å². The number of halogens is 1. The number of hydrogen-bond donors (Lipinski definition) is 0. The zero-order valence-corrected chi connectivity index (χ0v) is 15.4. The first-order valence-corrected chi connectivity index (χ1v) is 9.34. The van der Waals surface area contributed by atoms with Crippen LogP contribution in [0.15, 0.2) is 48.8 Å². The number of morpholine rings is 1. The second kappa shape index (κ2) is 6.79. The van der Waals surface area contributed by atoms with Crippen molar-refractivity contribution in [2.45, 2.75) is 6.54 Å². The molecule has 1 fully saturated rings. The van der Waals surface area contributed by atoms with E-state index in [1.807, 2.05) is 4.57 Å². The number of benzene rings is 2. The van der Waals surface area contributed by atoms with Crippen molar-refractivity contribution in [3.05, 3.63) is 59.5 Å². The van der Waals surface area contributed by atoms with E-state index in [1.165, 1.54) is 16.3 Å². The Hall–Kier alpha value is -2.70. The summed E-state index contributed by atoms with van der Waals surface area (Å²) in [7, 11) is 0. The van der Waals surface area contributed by atoms with Crippen LogP contribution in [0.2, 0.25) is 5.15 Å². The molecule has 1 saturated heterocycles. The molecule has 4 aromatic rings. The normalized spacial score (nSPS) is 14.9. The number of ether oxygens (including phenoxy) is 1. The summed E-state index contributed by atoms with van der Waals surface area (Å²) in [5.74, 6) is 0.617. The Labute approximate surface area is 161 Å². The lowest BCUT2D eigenvalue weighted by Crippen LogP contribution is -2.37. The van der Waals surface area contributed by atoms with Crippen LogP contribution in [0.5, 0.6) is 0 Å². The first-order valence-electron chi connectivity index (χ1n) is 8.97. The summed E-state index contributed by atoms with van der Waals surface area (Å²) in [6.45, 7) is 3.55. The van der Waals surface area contributed by atoms with Crippen molar-refractivity contribution < 1.29 is 4.74 Å². The number of nitrogens with zero attached hydrogens (tertiary/aromatic N) is 5. The van der Waals surface area contributed by atoms with Gasteiger partial charge >= 0.3 is 0 Å². The molecule has 0 unspecified atom stereocenters. The fraction of sp³-hybridized carbons (Fsp3) is 0.250. The van der Waals surface area contributed by atoms with E-state index < -0.39 is 0 Å². The summed E-state index contributed by atoms with van der Waals surface area (Å²) in [6, 6.07) is 14.8. The van der Waals surface area contributed by atoms with Crippen molar-refractivity contribution in [2.75, 3.05) is 31.2 Å². The lowest BCUT2D eigenvalue weighted by molar-refractivity contribution is 0.122. The molecule has 0 N–H and O–H groups in total. The van der Waals surface area contributed by atoms with Crippen molar-refractivity contribution in [1.29, 1.82) is 0 Å². The Morgan fingerprint density at radius 2 is 1.81 bits per heavy atom. The first-order chi connectivity index (χ1) is 13.3. The maximum absolute atomic E-state index is 6.52. The van der Waals surface area contributed by atoms with E-state index >= 15 is 0 Å². The van der Waals surface area contributed by atoms with E-state index in [1.54, 1.807) is 6.33 Å². The smallest absolute Gasteiger partial charge is 0.229 e. The summed E-state index contributed by atoms with van der Waals surface area (Å²) in [6.07, 6.45) is 1.78. The van der Waals surface area contributed by atoms with Gasteiger partial charge in [-0.25, -0.2) is 4.98 Å². The molecule has 7 heteroatoms. The molecule has 1 aliphatic heterocycles. The summed E-state index contributed by atoms with van der Waals surface area (Å²) >= 11 is 6.52. The summed E-state index contributed by atoms with van der Waals surface area (Å²) in [4.78, 5) is 15.7. The lowest BCUT2D eigenvalue weighted by Gasteiger charge is -2.26. The molecular formula is C20H18ClN5O. The van der Waals surface area contributed by atoms with Crippen LogP contribution in [0.4, 0.5) is 5.95 Å². The van der Waals surface area contributed by atoms with Gasteiger partial charge in [0.2, 0.25) is 5.95 Å². The maximum Gasteiger partial charge on any atom is 0.229 e. The summed E-state index contributed by atoms with van der Waals surface area (Å²) < 4.78 is 7.39. The minimum absolute atomic E-state index is 0.430. The molecule has 0 amide bonds. The number of rotatable bonds is 3. The molecule has 0 aliphatic carbocycles. The third kappa shape index (κ3) is 3.11. The average molecular weight is 380 g/mol. The molecule has 0 saturated carbocycles. The van der Waals surface area contributed by atoms with Crippen molar-refractivity contribution in [3.63, 3.8) is 0 Å². The molecule has 0 radical (unpaired) electrons. The Morgan fingerprint density at radius 1 is 1.00 bits per heavy atom. The highest BCUT2D eigenvalue weighted by Gasteiger charge is 2.18. The Morgan fingerprint density at radius 3 is 2.67 bits per heavy atom. The van der Waals surface area contributed by atoms with Crippen molar-refractivity contribution in [1.82, 2.24) is 19.5 Å². The molecule has 5 rings (SSSR count). The van der Waals surface area contributed by atoms with Gasteiger partial charge in [-0.15, -0.1) is 0 Å². The number of fused-ring (bicyclic) bond motifs is 2. The second-order valence-electron chi connectivity index (χ2n) is 6.64. The molecule has 2 aromatic carbocycles. The SMILES string of the molecule is Clc1nc(N2CCOCC2)nc2ncn(Cc3ccc4ccccc4c3)c12. The van der Waals surface area contributed by atoms with E-state index in [0.29, 0.717) is 36.5 Å². The largest absolute Gasteiger partial charge is 0.378 e. The molecule has 136 valence electrons. The minimum atomic E-state index is 0.430. The Kier molecular flexibility index (Phi) is 4.14. The van der Waals surface area contributed by atoms with E-state index in [-0.39, 0.29) is 0 Å². The van der Waals surface area contributed by atoms with Crippen LogP contribution in [-0.4, -0.2) is 45.8 Å². The first kappa shape index (κ1) is 16.5. The van der Waals surface area contributed by atoms with E-state index in [0.717, 1.165) is 18.6 Å². The van der Waals surface area contributed by atoms with Gasteiger partial charge in [-0.05, 0) is 22.4 Å². The molecule has 6 nitrogen and oxygen atoms in total. The fourth-order valence-corrected chi connectivity index (χ4v) is 3.75. The van der Waals surface area contributed by atoms with Gasteiger partial charge in [0.05, 0.1) is 19.5 Å². The van der Waals surface area contributed by atoms with Gasteiger partial charge in [-0.3, -0.25) is 0 Å². The number of anilines is 1. The average Bonchev–Trinajstić information content (AvgIpc) is 3.12. The highest BCUT2D eigenvalue weighted by atomic mass is 35.5. The standard InChI is InChI=1S/C20H18ClN5O/c21-18-17-19(24-20(23-18)25-7-9-27-10-8-25)22-13-26(17)12-14-5-6-15-3-1-2-4-16(15)11-14/h1-6,11,13H,7-10,12H2. The Bertz CT molecular complexity index is 1120. The molecule has 0 spiro atoms. The molecule has 3 heterocycles. The molecule has 0 atom stereocenters. The third-order valence-corrected chi connectivity index (χ3v) is 5.14. The molecule has 1 aliphatic rings. The number of hydrogen-bond acceptors (Lipinski definition) is 5. The zero-order valence-electron chi connectivity index (χ0n) is 14.7. The Balaban J connectivity index is 1.49. The van der Waals surface area contributed by atoms with E-state index in [4.69, 9.17) is 16.3 Å². The predicted molar refractivity (Wildman–Crippen MR) is 106 cm³/mol. The highest BCUT2D eigenvalue weighted by Crippen LogP contribution is 2.25. The fourth-order valence-electron chi connectivity index (χ4n) is 3.48. The molecular weight excluding hydrogens is 362 g/mol. The van der Waals surface area contributed by atoms with Crippen LogP contribution in [0.3, 0.4) is 0 Å². The highest BCUT2D eigenvalue weighted by molar-refractivity contribution is 6.33. The quantitative estimate of drug-likeness (QED) is 0.510. The monoisotopic (exact) mass is 379 g/mol.